The van der Waals surface area contributed by atoms with E-state index in [1.165, 1.54) is 11.4 Å². The molecule has 4 heterocycles. The van der Waals surface area contributed by atoms with Gasteiger partial charge in [-0.15, -0.1) is 0 Å². The fraction of sp³-hybridized carbons (Fsp3) is 0.421. The lowest BCUT2D eigenvalue weighted by Gasteiger charge is -2.28. The van der Waals surface area contributed by atoms with Crippen LogP contribution in [-0.2, 0) is 4.74 Å². The van der Waals surface area contributed by atoms with E-state index in [0.29, 0.717) is 12.0 Å². The molecule has 3 N–H and O–H groups in total. The first-order valence-corrected chi connectivity index (χ1v) is 10.8. The van der Waals surface area contributed by atoms with Crippen LogP contribution in [0.15, 0.2) is 30.6 Å². The second-order valence-electron chi connectivity index (χ2n) is 6.97. The molecule has 0 radical (unpaired) electrons. The van der Waals surface area contributed by atoms with Crippen LogP contribution in [0.2, 0.25) is 0 Å². The molecule has 2 aliphatic rings. The topological polar surface area (TPSA) is 91.0 Å². The molecule has 1 aromatic carbocycles. The second-order valence-corrected chi connectivity index (χ2v) is 8.12. The molecule has 0 spiro atoms. The van der Waals surface area contributed by atoms with Gasteiger partial charge in [0.15, 0.2) is 11.5 Å². The zero-order valence-corrected chi connectivity index (χ0v) is 16.3. The van der Waals surface area contributed by atoms with E-state index >= 15 is 0 Å². The number of aromatic amines is 1. The number of anilines is 4. The highest BCUT2D eigenvalue weighted by atomic mass is 32.2. The SMILES string of the molecule is c1nc2c(N[C@H]3CCSC3)nc(Nc3ccc(N4CCOCC4)cc3)nc2[nH]1. The number of rotatable bonds is 5. The molecule has 2 saturated heterocycles. The van der Waals surface area contributed by atoms with Crippen LogP contribution in [0.4, 0.5) is 23.1 Å². The number of H-pyrrole nitrogens is 1. The Balaban J connectivity index is 1.35. The van der Waals surface area contributed by atoms with E-state index in [-0.39, 0.29) is 0 Å². The summed E-state index contributed by atoms with van der Waals surface area (Å²) in [5, 5.41) is 6.86. The van der Waals surface area contributed by atoms with Crippen molar-refractivity contribution in [2.24, 2.45) is 0 Å². The average Bonchev–Trinajstić information content (AvgIpc) is 3.41. The summed E-state index contributed by atoms with van der Waals surface area (Å²) in [6.07, 6.45) is 2.81. The largest absolute Gasteiger partial charge is 0.378 e. The first kappa shape index (κ1) is 17.6. The van der Waals surface area contributed by atoms with Crippen LogP contribution < -0.4 is 15.5 Å². The number of benzene rings is 1. The molecule has 3 aromatic rings. The van der Waals surface area contributed by atoms with Crippen LogP contribution in [0.5, 0.6) is 0 Å². The van der Waals surface area contributed by atoms with Crippen molar-refractivity contribution in [3.05, 3.63) is 30.6 Å². The summed E-state index contributed by atoms with van der Waals surface area (Å²) in [7, 11) is 0. The molecule has 0 amide bonds. The lowest BCUT2D eigenvalue weighted by Crippen LogP contribution is -2.36. The maximum atomic E-state index is 5.43. The fourth-order valence-corrected chi connectivity index (χ4v) is 4.69. The van der Waals surface area contributed by atoms with Gasteiger partial charge in [0.1, 0.15) is 5.52 Å². The van der Waals surface area contributed by atoms with E-state index in [0.717, 1.165) is 61.1 Å². The number of nitrogens with zero attached hydrogens (tertiary/aromatic N) is 4. The Hall–Kier alpha value is -2.52. The van der Waals surface area contributed by atoms with Gasteiger partial charge in [0, 0.05) is 36.3 Å². The fourth-order valence-electron chi connectivity index (χ4n) is 3.54. The van der Waals surface area contributed by atoms with Crippen LogP contribution in [-0.4, -0.2) is 63.8 Å². The minimum Gasteiger partial charge on any atom is -0.378 e. The molecule has 9 heteroatoms. The molecular formula is C19H23N7OS. The van der Waals surface area contributed by atoms with Gasteiger partial charge in [-0.1, -0.05) is 0 Å². The standard InChI is InChI=1S/C19H23N7OS/c1-3-15(26-6-8-27-9-7-26)4-2-13(1)23-19-24-17-16(20-12-21-17)18(25-19)22-14-5-10-28-11-14/h1-4,12,14H,5-11H2,(H3,20,21,22,23,24,25)/t14-/m0/s1. The third kappa shape index (κ3) is 3.72. The number of ether oxygens (including phenoxy) is 1. The van der Waals surface area contributed by atoms with E-state index in [2.05, 4.69) is 54.8 Å². The summed E-state index contributed by atoms with van der Waals surface area (Å²) in [5.41, 5.74) is 3.68. The second kappa shape index (κ2) is 7.84. The summed E-state index contributed by atoms with van der Waals surface area (Å²) in [5.74, 6) is 3.63. The number of nitrogens with one attached hydrogen (secondary N) is 3. The molecule has 28 heavy (non-hydrogen) atoms. The lowest BCUT2D eigenvalue weighted by atomic mass is 10.2. The van der Waals surface area contributed by atoms with Crippen molar-refractivity contribution >= 4 is 46.1 Å². The van der Waals surface area contributed by atoms with Gasteiger partial charge >= 0.3 is 0 Å². The average molecular weight is 398 g/mol. The van der Waals surface area contributed by atoms with Crippen LogP contribution in [0.1, 0.15) is 6.42 Å². The summed E-state index contributed by atoms with van der Waals surface area (Å²) in [6, 6.07) is 8.80. The van der Waals surface area contributed by atoms with Crippen LogP contribution in [0.25, 0.3) is 11.2 Å². The Morgan fingerprint density at radius 3 is 2.79 bits per heavy atom. The number of thioether (sulfide) groups is 1. The highest BCUT2D eigenvalue weighted by molar-refractivity contribution is 7.99. The van der Waals surface area contributed by atoms with Crippen LogP contribution >= 0.6 is 11.8 Å². The highest BCUT2D eigenvalue weighted by Gasteiger charge is 2.19. The van der Waals surface area contributed by atoms with Crippen LogP contribution in [0.3, 0.4) is 0 Å². The monoisotopic (exact) mass is 397 g/mol. The van der Waals surface area contributed by atoms with Crippen molar-refractivity contribution in [2.45, 2.75) is 12.5 Å². The summed E-state index contributed by atoms with van der Waals surface area (Å²) in [4.78, 5) is 19.1. The Bertz CT molecular complexity index is 933. The van der Waals surface area contributed by atoms with E-state index < -0.39 is 0 Å². The van der Waals surface area contributed by atoms with Crippen molar-refractivity contribution in [2.75, 3.05) is 53.3 Å². The van der Waals surface area contributed by atoms with Crippen LogP contribution in [0, 0.1) is 0 Å². The molecule has 0 unspecified atom stereocenters. The molecule has 5 rings (SSSR count). The van der Waals surface area contributed by atoms with Gasteiger partial charge in [0.2, 0.25) is 5.95 Å². The predicted molar refractivity (Wildman–Crippen MR) is 114 cm³/mol. The summed E-state index contributed by atoms with van der Waals surface area (Å²) >= 11 is 1.97. The minimum atomic E-state index is 0.431. The van der Waals surface area contributed by atoms with Gasteiger partial charge in [0.05, 0.1) is 19.5 Å². The van der Waals surface area contributed by atoms with E-state index in [1.54, 1.807) is 6.33 Å². The molecule has 1 atom stereocenters. The Labute approximate surface area is 167 Å². The van der Waals surface area contributed by atoms with Crippen molar-refractivity contribution in [1.82, 2.24) is 19.9 Å². The lowest BCUT2D eigenvalue weighted by molar-refractivity contribution is 0.122. The Morgan fingerprint density at radius 1 is 1.14 bits per heavy atom. The number of fused-ring (bicyclic) bond motifs is 1. The highest BCUT2D eigenvalue weighted by Crippen LogP contribution is 2.26. The Morgan fingerprint density at radius 2 is 2.00 bits per heavy atom. The first-order valence-electron chi connectivity index (χ1n) is 9.60. The maximum Gasteiger partial charge on any atom is 0.231 e. The van der Waals surface area contributed by atoms with Crippen molar-refractivity contribution in [3.63, 3.8) is 0 Å². The maximum absolute atomic E-state index is 5.43. The normalized spacial score (nSPS) is 19.9. The first-order chi connectivity index (χ1) is 13.8. The molecule has 0 bridgehead atoms. The number of hydrogen-bond donors (Lipinski definition) is 3. The zero-order chi connectivity index (χ0) is 18.8. The molecule has 2 aliphatic heterocycles. The predicted octanol–water partition coefficient (Wildman–Crippen LogP) is 2.85. The minimum absolute atomic E-state index is 0.431. The zero-order valence-electron chi connectivity index (χ0n) is 15.5. The molecule has 2 aromatic heterocycles. The van der Waals surface area contributed by atoms with Gasteiger partial charge < -0.3 is 25.3 Å². The van der Waals surface area contributed by atoms with Gasteiger partial charge in [-0.2, -0.15) is 21.7 Å². The summed E-state index contributed by atoms with van der Waals surface area (Å²) in [6.45, 7) is 3.43. The molecular weight excluding hydrogens is 374 g/mol. The van der Waals surface area contributed by atoms with Crippen molar-refractivity contribution < 1.29 is 4.74 Å². The third-order valence-corrected chi connectivity index (χ3v) is 6.21. The van der Waals surface area contributed by atoms with E-state index in [1.807, 2.05) is 11.8 Å². The molecule has 2 fully saturated rings. The number of imidazole rings is 1. The summed E-state index contributed by atoms with van der Waals surface area (Å²) < 4.78 is 5.43. The molecule has 0 aliphatic carbocycles. The third-order valence-electron chi connectivity index (χ3n) is 5.05. The van der Waals surface area contributed by atoms with Gasteiger partial charge in [-0.25, -0.2) is 4.98 Å². The molecule has 0 saturated carbocycles. The van der Waals surface area contributed by atoms with Crippen molar-refractivity contribution in [1.29, 1.82) is 0 Å². The van der Waals surface area contributed by atoms with Gasteiger partial charge in [-0.05, 0) is 36.4 Å². The molecule has 146 valence electrons. The van der Waals surface area contributed by atoms with Gasteiger partial charge in [-0.3, -0.25) is 0 Å². The van der Waals surface area contributed by atoms with E-state index in [4.69, 9.17) is 9.72 Å². The smallest absolute Gasteiger partial charge is 0.231 e. The number of aromatic nitrogens is 4. The van der Waals surface area contributed by atoms with Gasteiger partial charge in [0.25, 0.3) is 0 Å². The van der Waals surface area contributed by atoms with E-state index in [9.17, 15) is 0 Å². The quantitative estimate of drug-likeness (QED) is 0.605. The van der Waals surface area contributed by atoms with Crippen molar-refractivity contribution in [3.8, 4) is 0 Å². The Kier molecular flexibility index (Phi) is 4.92. The molecule has 8 nitrogen and oxygen atoms in total. The number of hydrogen-bond acceptors (Lipinski definition) is 8. The number of morpholine rings is 1.